The standard InChI is InChI=1S/C10H8ClNO3S/c11-8-3-2-7(16-8)10-6(15-5-12-10)1-4-9(13)14/h2-3,5H,1,4H2,(H,13,14). The Morgan fingerprint density at radius 2 is 2.38 bits per heavy atom. The van der Waals surface area contributed by atoms with Crippen LogP contribution in [0, 0.1) is 0 Å². The molecule has 0 spiro atoms. The minimum atomic E-state index is -0.855. The van der Waals surface area contributed by atoms with E-state index in [2.05, 4.69) is 4.98 Å². The SMILES string of the molecule is O=C(O)CCc1ocnc1-c1ccc(Cl)s1. The Hall–Kier alpha value is -1.33. The Morgan fingerprint density at radius 1 is 1.56 bits per heavy atom. The fourth-order valence-electron chi connectivity index (χ4n) is 1.31. The highest BCUT2D eigenvalue weighted by molar-refractivity contribution is 7.19. The second-order valence-electron chi connectivity index (χ2n) is 3.12. The van der Waals surface area contributed by atoms with Crippen molar-refractivity contribution in [3.05, 3.63) is 28.6 Å². The molecule has 0 aliphatic rings. The van der Waals surface area contributed by atoms with Crippen LogP contribution in [0.4, 0.5) is 0 Å². The molecule has 0 aliphatic heterocycles. The predicted molar refractivity (Wildman–Crippen MR) is 60.8 cm³/mol. The molecule has 0 radical (unpaired) electrons. The van der Waals surface area contributed by atoms with Crippen LogP contribution in [0.15, 0.2) is 22.9 Å². The van der Waals surface area contributed by atoms with Gasteiger partial charge in [-0.25, -0.2) is 4.98 Å². The number of hydrogen-bond donors (Lipinski definition) is 1. The molecule has 2 aromatic rings. The maximum Gasteiger partial charge on any atom is 0.303 e. The number of oxazole rings is 1. The molecule has 4 nitrogen and oxygen atoms in total. The Bertz CT molecular complexity index is 506. The summed E-state index contributed by atoms with van der Waals surface area (Å²) in [6, 6.07) is 3.62. The summed E-state index contributed by atoms with van der Waals surface area (Å²) in [6.07, 6.45) is 1.68. The van der Waals surface area contributed by atoms with Crippen LogP contribution in [0.1, 0.15) is 12.2 Å². The Kier molecular flexibility index (Phi) is 3.26. The lowest BCUT2D eigenvalue weighted by molar-refractivity contribution is -0.137. The van der Waals surface area contributed by atoms with Gasteiger partial charge in [0, 0.05) is 6.42 Å². The monoisotopic (exact) mass is 257 g/mol. The van der Waals surface area contributed by atoms with Gasteiger partial charge in [-0.15, -0.1) is 11.3 Å². The van der Waals surface area contributed by atoms with Crippen LogP contribution >= 0.6 is 22.9 Å². The quantitative estimate of drug-likeness (QED) is 0.914. The van der Waals surface area contributed by atoms with Crippen LogP contribution < -0.4 is 0 Å². The average molecular weight is 258 g/mol. The summed E-state index contributed by atoms with van der Waals surface area (Å²) in [4.78, 5) is 15.4. The molecule has 0 atom stereocenters. The molecule has 1 N–H and O–H groups in total. The van der Waals surface area contributed by atoms with Crippen LogP contribution in [-0.2, 0) is 11.2 Å². The fourth-order valence-corrected chi connectivity index (χ4v) is 2.37. The Morgan fingerprint density at radius 3 is 3.00 bits per heavy atom. The summed E-state index contributed by atoms with van der Waals surface area (Å²) in [5.41, 5.74) is 0.679. The number of carboxylic acid groups (broad SMARTS) is 1. The molecule has 6 heteroatoms. The van der Waals surface area contributed by atoms with Crippen molar-refractivity contribution in [2.75, 3.05) is 0 Å². The highest BCUT2D eigenvalue weighted by Crippen LogP contribution is 2.32. The van der Waals surface area contributed by atoms with Gasteiger partial charge in [-0.05, 0) is 12.1 Å². The van der Waals surface area contributed by atoms with E-state index in [1.807, 2.05) is 6.07 Å². The lowest BCUT2D eigenvalue weighted by Gasteiger charge is -1.96. The van der Waals surface area contributed by atoms with Crippen molar-refractivity contribution < 1.29 is 14.3 Å². The summed E-state index contributed by atoms with van der Waals surface area (Å²) < 4.78 is 5.84. The molecule has 2 aromatic heterocycles. The van der Waals surface area contributed by atoms with Gasteiger partial charge < -0.3 is 9.52 Å². The van der Waals surface area contributed by atoms with Crippen molar-refractivity contribution in [2.45, 2.75) is 12.8 Å². The van der Waals surface area contributed by atoms with Crippen LogP contribution in [0.3, 0.4) is 0 Å². The van der Waals surface area contributed by atoms with E-state index in [1.54, 1.807) is 6.07 Å². The highest BCUT2D eigenvalue weighted by atomic mass is 35.5. The van der Waals surface area contributed by atoms with E-state index in [0.29, 0.717) is 22.2 Å². The summed E-state index contributed by atoms with van der Waals surface area (Å²) in [6.45, 7) is 0. The summed E-state index contributed by atoms with van der Waals surface area (Å²) in [5, 5.41) is 8.60. The second-order valence-corrected chi connectivity index (χ2v) is 4.84. The number of hydrogen-bond acceptors (Lipinski definition) is 4. The molecule has 16 heavy (non-hydrogen) atoms. The normalized spacial score (nSPS) is 10.6. The third kappa shape index (κ3) is 2.43. The third-order valence-electron chi connectivity index (χ3n) is 2.01. The van der Waals surface area contributed by atoms with Gasteiger partial charge in [-0.3, -0.25) is 4.79 Å². The number of rotatable bonds is 4. The van der Waals surface area contributed by atoms with Crippen molar-refractivity contribution in [3.8, 4) is 10.6 Å². The summed E-state index contributed by atoms with van der Waals surface area (Å²) >= 11 is 7.21. The molecule has 0 fully saturated rings. The van der Waals surface area contributed by atoms with Crippen molar-refractivity contribution in [1.29, 1.82) is 0 Å². The first-order valence-electron chi connectivity index (χ1n) is 4.56. The highest BCUT2D eigenvalue weighted by Gasteiger charge is 2.13. The van der Waals surface area contributed by atoms with Crippen molar-refractivity contribution in [3.63, 3.8) is 0 Å². The number of aryl methyl sites for hydroxylation is 1. The number of halogens is 1. The smallest absolute Gasteiger partial charge is 0.303 e. The van der Waals surface area contributed by atoms with Crippen LogP contribution in [0.25, 0.3) is 10.6 Å². The number of nitrogens with zero attached hydrogens (tertiary/aromatic N) is 1. The van der Waals surface area contributed by atoms with E-state index in [-0.39, 0.29) is 6.42 Å². The van der Waals surface area contributed by atoms with E-state index in [4.69, 9.17) is 21.1 Å². The Balaban J connectivity index is 2.22. The third-order valence-corrected chi connectivity index (χ3v) is 3.25. The van der Waals surface area contributed by atoms with Gasteiger partial charge in [-0.2, -0.15) is 0 Å². The fraction of sp³-hybridized carbons (Fsp3) is 0.200. The van der Waals surface area contributed by atoms with Crippen molar-refractivity contribution >= 4 is 28.9 Å². The maximum absolute atomic E-state index is 10.5. The molecule has 84 valence electrons. The number of thiophene rings is 1. The molecule has 0 saturated heterocycles. The molecule has 2 heterocycles. The van der Waals surface area contributed by atoms with Gasteiger partial charge in [0.15, 0.2) is 6.39 Å². The number of carboxylic acids is 1. The molecule has 2 rings (SSSR count). The van der Waals surface area contributed by atoms with E-state index in [9.17, 15) is 4.79 Å². The largest absolute Gasteiger partial charge is 0.481 e. The molecule has 0 bridgehead atoms. The number of aliphatic carboxylic acids is 1. The lowest BCUT2D eigenvalue weighted by atomic mass is 10.2. The average Bonchev–Trinajstić information content (AvgIpc) is 2.82. The van der Waals surface area contributed by atoms with Gasteiger partial charge in [-0.1, -0.05) is 11.6 Å². The van der Waals surface area contributed by atoms with Crippen molar-refractivity contribution in [2.24, 2.45) is 0 Å². The minimum Gasteiger partial charge on any atom is -0.481 e. The van der Waals surface area contributed by atoms with Gasteiger partial charge in [0.05, 0.1) is 15.6 Å². The summed E-state index contributed by atoms with van der Waals surface area (Å²) in [5.74, 6) is -0.271. The predicted octanol–water partition coefficient (Wildman–Crippen LogP) is 3.07. The first-order valence-corrected chi connectivity index (χ1v) is 5.76. The molecule has 0 amide bonds. The van der Waals surface area contributed by atoms with E-state index >= 15 is 0 Å². The molecular weight excluding hydrogens is 250 g/mol. The molecule has 0 saturated carbocycles. The lowest BCUT2D eigenvalue weighted by Crippen LogP contribution is -1.97. The minimum absolute atomic E-state index is 0.0291. The first kappa shape index (κ1) is 11.2. The van der Waals surface area contributed by atoms with Gasteiger partial charge in [0.25, 0.3) is 0 Å². The zero-order valence-corrected chi connectivity index (χ0v) is 9.72. The molecular formula is C10H8ClNO3S. The number of aromatic nitrogens is 1. The van der Waals surface area contributed by atoms with Crippen LogP contribution in [0.5, 0.6) is 0 Å². The molecule has 0 aliphatic carbocycles. The van der Waals surface area contributed by atoms with Gasteiger partial charge in [0.2, 0.25) is 0 Å². The van der Waals surface area contributed by atoms with Crippen LogP contribution in [0.2, 0.25) is 4.34 Å². The van der Waals surface area contributed by atoms with Gasteiger partial charge in [0.1, 0.15) is 11.5 Å². The summed E-state index contributed by atoms with van der Waals surface area (Å²) in [7, 11) is 0. The first-order chi connectivity index (χ1) is 7.66. The van der Waals surface area contributed by atoms with E-state index < -0.39 is 5.97 Å². The Labute approximate surface area is 100 Å². The zero-order valence-electron chi connectivity index (χ0n) is 8.14. The second kappa shape index (κ2) is 4.67. The van der Waals surface area contributed by atoms with Crippen LogP contribution in [-0.4, -0.2) is 16.1 Å². The van der Waals surface area contributed by atoms with Gasteiger partial charge >= 0.3 is 5.97 Å². The van der Waals surface area contributed by atoms with E-state index in [0.717, 1.165) is 4.88 Å². The topological polar surface area (TPSA) is 63.3 Å². The molecule has 0 aromatic carbocycles. The number of carbonyl (C=O) groups is 1. The van der Waals surface area contributed by atoms with E-state index in [1.165, 1.54) is 17.7 Å². The van der Waals surface area contributed by atoms with Crippen molar-refractivity contribution in [1.82, 2.24) is 4.98 Å². The zero-order chi connectivity index (χ0) is 11.5. The maximum atomic E-state index is 10.5. The molecule has 0 unspecified atom stereocenters.